The maximum absolute atomic E-state index is 12.2. The number of carbonyl (C=O) groups excluding carboxylic acids is 1. The zero-order chi connectivity index (χ0) is 20.0. The molecule has 3 heterocycles. The highest BCUT2D eigenvalue weighted by Gasteiger charge is 2.19. The normalized spacial score (nSPS) is 12.8. The molecule has 3 rings (SSSR count). The number of anilines is 1. The number of aliphatic carboxylic acids is 1. The van der Waals surface area contributed by atoms with Crippen LogP contribution in [0.4, 0.5) is 5.95 Å². The average molecular weight is 415 g/mol. The molecule has 0 unspecified atom stereocenters. The van der Waals surface area contributed by atoms with Gasteiger partial charge in [-0.1, -0.05) is 0 Å². The molecule has 0 radical (unpaired) electrons. The quantitative estimate of drug-likeness (QED) is 0.433. The summed E-state index contributed by atoms with van der Waals surface area (Å²) in [4.78, 5) is 43.3. The van der Waals surface area contributed by atoms with Gasteiger partial charge in [0.2, 0.25) is 11.4 Å². The minimum atomic E-state index is -1.44. The van der Waals surface area contributed by atoms with E-state index in [9.17, 15) is 9.59 Å². The summed E-state index contributed by atoms with van der Waals surface area (Å²) in [5, 5.41) is 28.1. The summed E-state index contributed by atoms with van der Waals surface area (Å²) < 4.78 is 1.68. The minimum Gasteiger partial charge on any atom is -0.548 e. The van der Waals surface area contributed by atoms with Crippen molar-refractivity contribution in [2.75, 3.05) is 37.7 Å². The molecule has 162 valence electrons. The topological polar surface area (TPSA) is 228 Å². The first kappa shape index (κ1) is 25.9. The number of carboxylic acids is 2. The molecule has 1 aliphatic rings. The first-order valence-corrected chi connectivity index (χ1v) is 8.39. The number of hydrogen-bond acceptors (Lipinski definition) is 8. The molecule has 0 saturated carbocycles. The summed E-state index contributed by atoms with van der Waals surface area (Å²) in [6.45, 7) is 5.21. The zero-order valence-electron chi connectivity index (χ0n) is 15.8. The lowest BCUT2D eigenvalue weighted by Crippen LogP contribution is -2.89. The third-order valence-corrected chi connectivity index (χ3v) is 3.99. The van der Waals surface area contributed by atoms with Gasteiger partial charge in [0.25, 0.3) is 0 Å². The Kier molecular flexibility index (Phi) is 10.4. The van der Waals surface area contributed by atoms with Crippen molar-refractivity contribution in [1.82, 2.24) is 14.5 Å². The van der Waals surface area contributed by atoms with Crippen molar-refractivity contribution in [2.45, 2.75) is 13.5 Å². The molecule has 0 aliphatic carbocycles. The molecule has 0 aromatic carbocycles. The van der Waals surface area contributed by atoms with Crippen LogP contribution >= 0.6 is 0 Å². The summed E-state index contributed by atoms with van der Waals surface area (Å²) in [5.41, 5.74) is -0.305. The molecule has 29 heavy (non-hydrogen) atoms. The van der Waals surface area contributed by atoms with Gasteiger partial charge < -0.3 is 45.9 Å². The number of quaternary nitrogens is 1. The van der Waals surface area contributed by atoms with Crippen molar-refractivity contribution in [3.05, 3.63) is 28.2 Å². The van der Waals surface area contributed by atoms with Crippen molar-refractivity contribution in [3.63, 3.8) is 0 Å². The number of nitrogens with zero attached hydrogens (tertiary/aromatic N) is 4. The van der Waals surface area contributed by atoms with Crippen LogP contribution in [0.2, 0.25) is 0 Å². The number of aryl methyl sites for hydroxylation is 1. The van der Waals surface area contributed by atoms with Gasteiger partial charge in [0, 0.05) is 18.9 Å². The van der Waals surface area contributed by atoms with E-state index in [4.69, 9.17) is 20.1 Å². The molecule has 2 aromatic heterocycles. The van der Waals surface area contributed by atoms with Crippen molar-refractivity contribution in [2.24, 2.45) is 0 Å². The number of rotatable bonds is 4. The molecule has 0 spiro atoms. The standard InChI is InChI=1S/C14H17N5O3.C2H4O3.2H2O/c1-2-18-8-10(13(21)22)11(20)9-7-16-14(17-12(9)18)19-5-3-15-4-6-19;3-1-2(4)5;;/h7-8,15H,2-6H2,1H3,(H,21,22);3H,1H2,(H,4,5);2*1H2. The Labute approximate surface area is 164 Å². The Morgan fingerprint density at radius 1 is 1.28 bits per heavy atom. The predicted octanol–water partition coefficient (Wildman–Crippen LogP) is -5.03. The van der Waals surface area contributed by atoms with E-state index >= 15 is 0 Å². The van der Waals surface area contributed by atoms with Crippen molar-refractivity contribution in [1.29, 1.82) is 0 Å². The largest absolute Gasteiger partial charge is 0.548 e. The van der Waals surface area contributed by atoms with E-state index in [1.54, 1.807) is 4.57 Å². The predicted molar refractivity (Wildman–Crippen MR) is 99.6 cm³/mol. The number of piperazine rings is 1. The SMILES string of the molecule is CCn1cc(C(=O)O)c(=O)c2cnc(N3CC[NH2+]CC3)nc21.O.O.O=C([O-])CO. The molecule has 13 heteroatoms. The summed E-state index contributed by atoms with van der Waals surface area (Å²) in [6.07, 6.45) is 2.80. The first-order valence-electron chi connectivity index (χ1n) is 8.39. The van der Waals surface area contributed by atoms with E-state index in [1.807, 2.05) is 6.92 Å². The summed E-state index contributed by atoms with van der Waals surface area (Å²) in [5.74, 6) is -2.08. The van der Waals surface area contributed by atoms with Gasteiger partial charge in [0.05, 0.1) is 44.1 Å². The average Bonchev–Trinajstić information content (AvgIpc) is 2.69. The van der Waals surface area contributed by atoms with Gasteiger partial charge in [-0.25, -0.2) is 9.78 Å². The van der Waals surface area contributed by atoms with Crippen LogP contribution in [0.15, 0.2) is 17.2 Å². The van der Waals surface area contributed by atoms with E-state index < -0.39 is 24.0 Å². The second-order valence-electron chi connectivity index (χ2n) is 5.75. The van der Waals surface area contributed by atoms with Crippen LogP contribution in [-0.2, 0) is 11.3 Å². The molecule has 0 bridgehead atoms. The maximum atomic E-state index is 12.2. The van der Waals surface area contributed by atoms with Gasteiger partial charge >= 0.3 is 5.97 Å². The Balaban J connectivity index is 0.00000101. The van der Waals surface area contributed by atoms with E-state index in [0.29, 0.717) is 18.1 Å². The second kappa shape index (κ2) is 11.7. The molecule has 1 saturated heterocycles. The number of hydrogen-bond donors (Lipinski definition) is 3. The second-order valence-corrected chi connectivity index (χ2v) is 5.75. The molecular weight excluding hydrogens is 390 g/mol. The number of nitrogens with two attached hydrogens (primary N) is 1. The number of aromatic carboxylic acids is 1. The third-order valence-electron chi connectivity index (χ3n) is 3.99. The van der Waals surface area contributed by atoms with Gasteiger partial charge in [-0.15, -0.1) is 0 Å². The monoisotopic (exact) mass is 415 g/mol. The van der Waals surface area contributed by atoms with Crippen LogP contribution < -0.4 is 20.8 Å². The minimum absolute atomic E-state index is 0. The zero-order valence-corrected chi connectivity index (χ0v) is 15.8. The molecule has 2 aromatic rings. The van der Waals surface area contributed by atoms with Gasteiger partial charge in [-0.3, -0.25) is 4.79 Å². The number of carbonyl (C=O) groups is 2. The van der Waals surface area contributed by atoms with Gasteiger partial charge in [-0.05, 0) is 6.92 Å². The van der Waals surface area contributed by atoms with Crippen molar-refractivity contribution >= 4 is 28.9 Å². The van der Waals surface area contributed by atoms with Gasteiger partial charge in [-0.2, -0.15) is 4.98 Å². The lowest BCUT2D eigenvalue weighted by Gasteiger charge is -2.25. The number of pyridine rings is 1. The van der Waals surface area contributed by atoms with Crippen LogP contribution in [0.25, 0.3) is 11.0 Å². The molecular formula is C16H25N5O8. The van der Waals surface area contributed by atoms with E-state index in [2.05, 4.69) is 20.2 Å². The summed E-state index contributed by atoms with van der Waals surface area (Å²) in [7, 11) is 0. The maximum Gasteiger partial charge on any atom is 0.341 e. The summed E-state index contributed by atoms with van der Waals surface area (Å²) in [6, 6.07) is 0. The van der Waals surface area contributed by atoms with Crippen molar-refractivity contribution < 1.29 is 41.2 Å². The Hall–Kier alpha value is -3.13. The number of fused-ring (bicyclic) bond motifs is 1. The number of carboxylic acid groups (broad SMARTS) is 2. The smallest absolute Gasteiger partial charge is 0.341 e. The lowest BCUT2D eigenvalue weighted by molar-refractivity contribution is -0.655. The molecule has 8 N–H and O–H groups in total. The van der Waals surface area contributed by atoms with Gasteiger partial charge in [0.15, 0.2) is 0 Å². The Morgan fingerprint density at radius 2 is 1.86 bits per heavy atom. The van der Waals surface area contributed by atoms with Crippen LogP contribution in [0.3, 0.4) is 0 Å². The summed E-state index contributed by atoms with van der Waals surface area (Å²) >= 11 is 0. The fourth-order valence-corrected chi connectivity index (χ4v) is 2.66. The highest BCUT2D eigenvalue weighted by Crippen LogP contribution is 2.14. The van der Waals surface area contributed by atoms with Gasteiger partial charge in [0.1, 0.15) is 11.2 Å². The highest BCUT2D eigenvalue weighted by molar-refractivity contribution is 5.91. The Morgan fingerprint density at radius 3 is 2.34 bits per heavy atom. The number of aliphatic hydroxyl groups excluding tert-OH is 1. The first-order chi connectivity index (χ1) is 12.9. The van der Waals surface area contributed by atoms with Crippen LogP contribution in [0.5, 0.6) is 0 Å². The van der Waals surface area contributed by atoms with Crippen LogP contribution in [-0.4, -0.2) is 80.4 Å². The number of aromatic nitrogens is 3. The van der Waals surface area contributed by atoms with Crippen molar-refractivity contribution in [3.8, 4) is 0 Å². The van der Waals surface area contributed by atoms with E-state index in [0.717, 1.165) is 26.2 Å². The number of aliphatic hydroxyl groups is 1. The molecule has 1 fully saturated rings. The molecule has 13 nitrogen and oxygen atoms in total. The molecule has 0 atom stereocenters. The van der Waals surface area contributed by atoms with E-state index in [1.165, 1.54) is 12.4 Å². The molecule has 0 amide bonds. The van der Waals surface area contributed by atoms with Crippen LogP contribution in [0, 0.1) is 0 Å². The fraction of sp³-hybridized carbons (Fsp3) is 0.438. The fourth-order valence-electron chi connectivity index (χ4n) is 2.66. The lowest BCUT2D eigenvalue weighted by atomic mass is 10.2. The molecule has 1 aliphatic heterocycles. The van der Waals surface area contributed by atoms with E-state index in [-0.39, 0.29) is 21.9 Å². The van der Waals surface area contributed by atoms with Crippen LogP contribution in [0.1, 0.15) is 17.3 Å². The Bertz CT molecular complexity index is 895. The third kappa shape index (κ3) is 6.18. The highest BCUT2D eigenvalue weighted by atomic mass is 16.4.